The number of nitrogens with two attached hydrogens (primary N) is 1. The molecular weight excluding hydrogens is 216 g/mol. The molecule has 0 bridgehead atoms. The van der Waals surface area contributed by atoms with Crippen LogP contribution in [0, 0.1) is 0 Å². The molecule has 2 aromatic rings. The Labute approximate surface area is 98.7 Å². The predicted molar refractivity (Wildman–Crippen MR) is 64.3 cm³/mol. The fraction of sp³-hybridized carbons (Fsp3) is 0.0833. The Bertz CT molecular complexity index is 513. The lowest BCUT2D eigenvalue weighted by Gasteiger charge is -2.05. The lowest BCUT2D eigenvalue weighted by molar-refractivity contribution is 0.1000. The van der Waals surface area contributed by atoms with Crippen LogP contribution in [0.25, 0.3) is 0 Å². The summed E-state index contributed by atoms with van der Waals surface area (Å²) in [4.78, 5) is 19.0. The molecule has 0 aliphatic rings. The zero-order valence-corrected chi connectivity index (χ0v) is 9.13. The van der Waals surface area contributed by atoms with Gasteiger partial charge in [-0.2, -0.15) is 0 Å². The van der Waals surface area contributed by atoms with Crippen LogP contribution in [0.15, 0.2) is 42.9 Å². The lowest BCUT2D eigenvalue weighted by atomic mass is 10.2. The van der Waals surface area contributed by atoms with Gasteiger partial charge in [-0.3, -0.25) is 9.78 Å². The molecule has 5 heteroatoms. The maximum atomic E-state index is 11.0. The predicted octanol–water partition coefficient (Wildman–Crippen LogP) is 1.19. The maximum Gasteiger partial charge on any atom is 0.248 e. The van der Waals surface area contributed by atoms with Crippen LogP contribution in [0.1, 0.15) is 15.9 Å². The van der Waals surface area contributed by atoms with Crippen LogP contribution < -0.4 is 11.1 Å². The number of hydrogen-bond donors (Lipinski definition) is 2. The summed E-state index contributed by atoms with van der Waals surface area (Å²) in [6, 6.07) is 7.03. The molecule has 3 N–H and O–H groups in total. The first-order chi connectivity index (χ1) is 8.25. The molecule has 0 saturated carbocycles. The van der Waals surface area contributed by atoms with Crippen LogP contribution >= 0.6 is 0 Å². The molecule has 0 radical (unpaired) electrons. The van der Waals surface area contributed by atoms with Gasteiger partial charge in [0.2, 0.25) is 5.91 Å². The molecule has 0 unspecified atom stereocenters. The van der Waals surface area contributed by atoms with Crippen molar-refractivity contribution in [2.24, 2.45) is 5.73 Å². The van der Waals surface area contributed by atoms with Crippen LogP contribution in [0.2, 0.25) is 0 Å². The Morgan fingerprint density at radius 1 is 1.24 bits per heavy atom. The molecule has 0 aliphatic heterocycles. The Hall–Kier alpha value is -2.43. The summed E-state index contributed by atoms with van der Waals surface area (Å²) in [5, 5.41) is 3.11. The first-order valence-corrected chi connectivity index (χ1v) is 5.14. The second-order valence-corrected chi connectivity index (χ2v) is 3.50. The third kappa shape index (κ3) is 3.01. The molecule has 1 amide bonds. The first kappa shape index (κ1) is 11.1. The van der Waals surface area contributed by atoms with E-state index in [1.54, 1.807) is 30.7 Å². The van der Waals surface area contributed by atoms with Gasteiger partial charge in [0.05, 0.1) is 0 Å². The third-order valence-corrected chi connectivity index (χ3v) is 2.27. The van der Waals surface area contributed by atoms with E-state index in [0.29, 0.717) is 17.9 Å². The number of aromatic nitrogens is 2. The minimum Gasteiger partial charge on any atom is -0.366 e. The van der Waals surface area contributed by atoms with Gasteiger partial charge in [-0.05, 0) is 29.8 Å². The quantitative estimate of drug-likeness (QED) is 0.823. The molecule has 0 saturated heterocycles. The topological polar surface area (TPSA) is 80.9 Å². The van der Waals surface area contributed by atoms with E-state index in [0.717, 1.165) is 5.56 Å². The molecule has 2 heterocycles. The standard InChI is InChI=1S/C12H12N4O/c13-12(17)10-3-6-15-11(7-10)16-8-9-1-4-14-5-2-9/h1-7H,8H2,(H2,13,17)(H,15,16). The number of carbonyl (C=O) groups is 1. The molecule has 2 rings (SSSR count). The van der Waals surface area contributed by atoms with Gasteiger partial charge in [0, 0.05) is 30.7 Å². The van der Waals surface area contributed by atoms with E-state index in [1.807, 2.05) is 12.1 Å². The molecule has 2 aromatic heterocycles. The monoisotopic (exact) mass is 228 g/mol. The van der Waals surface area contributed by atoms with Crippen molar-refractivity contribution < 1.29 is 4.79 Å². The summed E-state index contributed by atoms with van der Waals surface area (Å²) in [6.07, 6.45) is 5.00. The average Bonchev–Trinajstić information content (AvgIpc) is 2.38. The van der Waals surface area contributed by atoms with E-state index >= 15 is 0 Å². The Kier molecular flexibility index (Phi) is 3.30. The zero-order chi connectivity index (χ0) is 12.1. The number of anilines is 1. The van der Waals surface area contributed by atoms with Crippen molar-refractivity contribution >= 4 is 11.7 Å². The SMILES string of the molecule is NC(=O)c1ccnc(NCc2ccncc2)c1. The van der Waals surface area contributed by atoms with Crippen LogP contribution in [0.3, 0.4) is 0 Å². The smallest absolute Gasteiger partial charge is 0.248 e. The number of carbonyl (C=O) groups excluding carboxylic acids is 1. The van der Waals surface area contributed by atoms with E-state index in [4.69, 9.17) is 5.73 Å². The van der Waals surface area contributed by atoms with Crippen molar-refractivity contribution in [3.8, 4) is 0 Å². The highest BCUT2D eigenvalue weighted by Gasteiger charge is 2.01. The van der Waals surface area contributed by atoms with Gasteiger partial charge in [-0.25, -0.2) is 4.98 Å². The van der Waals surface area contributed by atoms with E-state index < -0.39 is 5.91 Å². The van der Waals surface area contributed by atoms with Crippen molar-refractivity contribution in [1.82, 2.24) is 9.97 Å². The van der Waals surface area contributed by atoms with Gasteiger partial charge >= 0.3 is 0 Å². The summed E-state index contributed by atoms with van der Waals surface area (Å²) in [5.74, 6) is 0.164. The summed E-state index contributed by atoms with van der Waals surface area (Å²) in [5.41, 5.74) is 6.72. The van der Waals surface area contributed by atoms with Gasteiger partial charge in [0.25, 0.3) is 0 Å². The van der Waals surface area contributed by atoms with Crippen molar-refractivity contribution in [3.63, 3.8) is 0 Å². The number of hydrogen-bond acceptors (Lipinski definition) is 4. The highest BCUT2D eigenvalue weighted by atomic mass is 16.1. The number of amides is 1. The highest BCUT2D eigenvalue weighted by molar-refractivity contribution is 5.93. The lowest BCUT2D eigenvalue weighted by Crippen LogP contribution is -2.11. The normalized spacial score (nSPS) is 9.88. The summed E-state index contributed by atoms with van der Waals surface area (Å²) in [7, 11) is 0. The van der Waals surface area contributed by atoms with E-state index in [9.17, 15) is 4.79 Å². The van der Waals surface area contributed by atoms with Gasteiger partial charge in [-0.15, -0.1) is 0 Å². The van der Waals surface area contributed by atoms with Crippen LogP contribution in [0.5, 0.6) is 0 Å². The summed E-state index contributed by atoms with van der Waals surface area (Å²) >= 11 is 0. The molecule has 0 fully saturated rings. The highest BCUT2D eigenvalue weighted by Crippen LogP contribution is 2.08. The fourth-order valence-electron chi connectivity index (χ4n) is 1.37. The molecule has 5 nitrogen and oxygen atoms in total. The molecule has 86 valence electrons. The molecule has 17 heavy (non-hydrogen) atoms. The van der Waals surface area contributed by atoms with Crippen LogP contribution in [-0.4, -0.2) is 15.9 Å². The average molecular weight is 228 g/mol. The molecule has 0 atom stereocenters. The fourth-order valence-corrected chi connectivity index (χ4v) is 1.37. The number of nitrogens with one attached hydrogen (secondary N) is 1. The molecule has 0 spiro atoms. The number of pyridine rings is 2. The Morgan fingerprint density at radius 2 is 2.00 bits per heavy atom. The summed E-state index contributed by atoms with van der Waals surface area (Å²) < 4.78 is 0. The minimum atomic E-state index is -0.459. The van der Waals surface area contributed by atoms with E-state index in [1.165, 1.54) is 0 Å². The summed E-state index contributed by atoms with van der Waals surface area (Å²) in [6.45, 7) is 0.623. The van der Waals surface area contributed by atoms with Crippen LogP contribution in [0.4, 0.5) is 5.82 Å². The second-order valence-electron chi connectivity index (χ2n) is 3.50. The van der Waals surface area contributed by atoms with Gasteiger partial charge in [-0.1, -0.05) is 0 Å². The van der Waals surface area contributed by atoms with Gasteiger partial charge < -0.3 is 11.1 Å². The maximum absolute atomic E-state index is 11.0. The molecule has 0 aromatic carbocycles. The first-order valence-electron chi connectivity index (χ1n) is 5.14. The zero-order valence-electron chi connectivity index (χ0n) is 9.13. The number of nitrogens with zero attached hydrogens (tertiary/aromatic N) is 2. The number of primary amides is 1. The minimum absolute atomic E-state index is 0.442. The van der Waals surface area contributed by atoms with Gasteiger partial charge in [0.1, 0.15) is 5.82 Å². The molecule has 0 aliphatic carbocycles. The third-order valence-electron chi connectivity index (χ3n) is 2.27. The van der Waals surface area contributed by atoms with E-state index in [-0.39, 0.29) is 0 Å². The van der Waals surface area contributed by atoms with Crippen molar-refractivity contribution in [2.75, 3.05) is 5.32 Å². The molecular formula is C12H12N4O. The Balaban J connectivity index is 2.04. The van der Waals surface area contributed by atoms with Gasteiger partial charge in [0.15, 0.2) is 0 Å². The van der Waals surface area contributed by atoms with Crippen LogP contribution in [-0.2, 0) is 6.54 Å². The van der Waals surface area contributed by atoms with Crippen molar-refractivity contribution in [3.05, 3.63) is 54.0 Å². The second kappa shape index (κ2) is 5.07. The number of rotatable bonds is 4. The largest absolute Gasteiger partial charge is 0.366 e. The van der Waals surface area contributed by atoms with Crippen molar-refractivity contribution in [1.29, 1.82) is 0 Å². The Morgan fingerprint density at radius 3 is 2.71 bits per heavy atom. The van der Waals surface area contributed by atoms with E-state index in [2.05, 4.69) is 15.3 Å². The van der Waals surface area contributed by atoms with Crippen molar-refractivity contribution in [2.45, 2.75) is 6.54 Å².